The largest absolute Gasteiger partial charge is 0.394 e. The minimum Gasteiger partial charge on any atom is -0.394 e. The minimum atomic E-state index is -0.562. The van der Waals surface area contributed by atoms with E-state index in [1.54, 1.807) is 0 Å². The van der Waals surface area contributed by atoms with Gasteiger partial charge in [-0.2, -0.15) is 0 Å². The Balaban J connectivity index is 3.45. The highest BCUT2D eigenvalue weighted by molar-refractivity contribution is 4.65. The number of unbranched alkanes of at least 4 members (excludes halogenated alkanes) is 3. The molecule has 1 unspecified atom stereocenters. The van der Waals surface area contributed by atoms with Gasteiger partial charge in [0.05, 0.1) is 12.7 Å². The monoisotopic (exact) mass is 231 g/mol. The van der Waals surface area contributed by atoms with Crippen molar-refractivity contribution in [3.8, 4) is 0 Å². The second-order valence-corrected chi connectivity index (χ2v) is 4.88. The Morgan fingerprint density at radius 2 is 1.81 bits per heavy atom. The summed E-state index contributed by atoms with van der Waals surface area (Å²) in [5.74, 6) is 0.183. The Labute approximate surface area is 100 Å². The molecule has 0 saturated carbocycles. The molecule has 0 fully saturated rings. The van der Waals surface area contributed by atoms with Gasteiger partial charge in [-0.05, 0) is 38.9 Å². The number of aliphatic hydroxyl groups excluding tert-OH is 2. The van der Waals surface area contributed by atoms with Crippen LogP contribution in [0, 0.1) is 5.92 Å². The van der Waals surface area contributed by atoms with Crippen LogP contribution in [0.4, 0.5) is 0 Å². The fourth-order valence-electron chi connectivity index (χ4n) is 1.72. The highest BCUT2D eigenvalue weighted by atomic mass is 16.3. The maximum absolute atomic E-state index is 9.42. The Kier molecular flexibility index (Phi) is 9.99. The predicted molar refractivity (Wildman–Crippen MR) is 68.5 cm³/mol. The van der Waals surface area contributed by atoms with Crippen LogP contribution in [0.3, 0.4) is 0 Å². The zero-order valence-corrected chi connectivity index (χ0v) is 11.2. The van der Waals surface area contributed by atoms with Crippen LogP contribution in [0.1, 0.15) is 46.0 Å². The van der Waals surface area contributed by atoms with Gasteiger partial charge in [0.2, 0.25) is 0 Å². The molecule has 2 N–H and O–H groups in total. The van der Waals surface area contributed by atoms with Gasteiger partial charge in [-0.3, -0.25) is 0 Å². The zero-order chi connectivity index (χ0) is 12.4. The third-order valence-corrected chi connectivity index (χ3v) is 3.20. The van der Waals surface area contributed by atoms with E-state index in [1.165, 1.54) is 25.7 Å². The van der Waals surface area contributed by atoms with Crippen molar-refractivity contribution >= 4 is 0 Å². The van der Waals surface area contributed by atoms with Gasteiger partial charge in [-0.15, -0.1) is 0 Å². The van der Waals surface area contributed by atoms with E-state index in [1.807, 2.05) is 6.92 Å². The molecular formula is C13H29NO2. The Morgan fingerprint density at radius 3 is 2.38 bits per heavy atom. The highest BCUT2D eigenvalue weighted by Crippen LogP contribution is 2.09. The third-order valence-electron chi connectivity index (χ3n) is 3.20. The third kappa shape index (κ3) is 8.08. The first kappa shape index (κ1) is 15.9. The van der Waals surface area contributed by atoms with Gasteiger partial charge in [-0.1, -0.05) is 33.1 Å². The molecule has 0 aliphatic heterocycles. The second-order valence-electron chi connectivity index (χ2n) is 4.88. The molecule has 3 heteroatoms. The Morgan fingerprint density at radius 1 is 1.12 bits per heavy atom. The summed E-state index contributed by atoms with van der Waals surface area (Å²) < 4.78 is 0. The number of rotatable bonds is 10. The Hall–Kier alpha value is -0.120. The van der Waals surface area contributed by atoms with Crippen LogP contribution in [0.25, 0.3) is 0 Å². The number of hydrogen-bond donors (Lipinski definition) is 2. The van der Waals surface area contributed by atoms with E-state index in [0.29, 0.717) is 0 Å². The quantitative estimate of drug-likeness (QED) is 0.564. The molecule has 0 heterocycles. The van der Waals surface area contributed by atoms with E-state index in [4.69, 9.17) is 5.11 Å². The van der Waals surface area contributed by atoms with Crippen molar-refractivity contribution in [3.63, 3.8) is 0 Å². The van der Waals surface area contributed by atoms with Crippen LogP contribution in [0.15, 0.2) is 0 Å². The summed E-state index contributed by atoms with van der Waals surface area (Å²) in [4.78, 5) is 2.32. The van der Waals surface area contributed by atoms with Crippen LogP contribution >= 0.6 is 0 Å². The van der Waals surface area contributed by atoms with Gasteiger partial charge in [-0.25, -0.2) is 0 Å². The van der Waals surface area contributed by atoms with Gasteiger partial charge < -0.3 is 15.1 Å². The van der Waals surface area contributed by atoms with Crippen molar-refractivity contribution in [2.24, 2.45) is 5.92 Å². The standard InChI is InChI=1S/C13H29NO2/c1-4-5-6-7-9-14(3)10-8-12(2)13(16)11-15/h12-13,15-16H,4-11H2,1-3H3/t12?,13-/m0/s1. The molecule has 16 heavy (non-hydrogen) atoms. The first-order valence-corrected chi connectivity index (χ1v) is 6.59. The topological polar surface area (TPSA) is 43.7 Å². The lowest BCUT2D eigenvalue weighted by Crippen LogP contribution is -2.28. The first-order chi connectivity index (χ1) is 7.61. The molecule has 0 aliphatic rings. The molecule has 0 radical (unpaired) electrons. The van der Waals surface area contributed by atoms with Crippen molar-refractivity contribution < 1.29 is 10.2 Å². The number of aliphatic hydroxyl groups is 2. The summed E-state index contributed by atoms with van der Waals surface area (Å²) in [5, 5.41) is 18.2. The van der Waals surface area contributed by atoms with E-state index < -0.39 is 6.10 Å². The smallest absolute Gasteiger partial charge is 0.0796 e. The minimum absolute atomic E-state index is 0.124. The van der Waals surface area contributed by atoms with Crippen LogP contribution in [0.2, 0.25) is 0 Å². The van der Waals surface area contributed by atoms with Gasteiger partial charge in [0.1, 0.15) is 0 Å². The first-order valence-electron chi connectivity index (χ1n) is 6.59. The molecular weight excluding hydrogens is 202 g/mol. The second kappa shape index (κ2) is 10.1. The summed E-state index contributed by atoms with van der Waals surface area (Å²) >= 11 is 0. The van der Waals surface area contributed by atoms with Crippen molar-refractivity contribution in [2.75, 3.05) is 26.7 Å². The molecule has 0 aliphatic carbocycles. The molecule has 0 amide bonds. The van der Waals surface area contributed by atoms with E-state index in [9.17, 15) is 5.11 Å². The molecule has 0 bridgehead atoms. The van der Waals surface area contributed by atoms with Gasteiger partial charge in [0.25, 0.3) is 0 Å². The van der Waals surface area contributed by atoms with Gasteiger partial charge >= 0.3 is 0 Å². The molecule has 0 saturated heterocycles. The molecule has 0 spiro atoms. The zero-order valence-electron chi connectivity index (χ0n) is 11.2. The molecule has 3 nitrogen and oxygen atoms in total. The Bertz CT molecular complexity index is 153. The van der Waals surface area contributed by atoms with E-state index in [0.717, 1.165) is 19.5 Å². The van der Waals surface area contributed by atoms with E-state index >= 15 is 0 Å². The van der Waals surface area contributed by atoms with Crippen molar-refractivity contribution in [1.82, 2.24) is 4.90 Å². The maximum Gasteiger partial charge on any atom is 0.0796 e. The van der Waals surface area contributed by atoms with Crippen molar-refractivity contribution in [1.29, 1.82) is 0 Å². The lowest BCUT2D eigenvalue weighted by Gasteiger charge is -2.21. The van der Waals surface area contributed by atoms with E-state index in [2.05, 4.69) is 18.9 Å². The van der Waals surface area contributed by atoms with Crippen molar-refractivity contribution in [2.45, 2.75) is 52.1 Å². The SMILES string of the molecule is CCCCCCN(C)CCC(C)[C@@H](O)CO. The molecule has 0 aromatic heterocycles. The fraction of sp³-hybridized carbons (Fsp3) is 1.00. The summed E-state index contributed by atoms with van der Waals surface area (Å²) in [6, 6.07) is 0. The van der Waals surface area contributed by atoms with Crippen LogP contribution < -0.4 is 0 Å². The van der Waals surface area contributed by atoms with Gasteiger partial charge in [0, 0.05) is 0 Å². The summed E-state index contributed by atoms with van der Waals surface area (Å²) in [6.07, 6.45) is 5.58. The molecule has 98 valence electrons. The maximum atomic E-state index is 9.42. The normalized spacial score (nSPS) is 15.4. The summed E-state index contributed by atoms with van der Waals surface area (Å²) in [6.45, 7) is 6.24. The number of hydrogen-bond acceptors (Lipinski definition) is 3. The summed E-state index contributed by atoms with van der Waals surface area (Å²) in [7, 11) is 2.13. The van der Waals surface area contributed by atoms with Crippen LogP contribution in [-0.4, -0.2) is 48.0 Å². The lowest BCUT2D eigenvalue weighted by molar-refractivity contribution is 0.0472. The van der Waals surface area contributed by atoms with E-state index in [-0.39, 0.29) is 12.5 Å². The van der Waals surface area contributed by atoms with Crippen LogP contribution in [0.5, 0.6) is 0 Å². The number of nitrogens with zero attached hydrogens (tertiary/aromatic N) is 1. The average Bonchev–Trinajstić information content (AvgIpc) is 2.30. The molecule has 0 aromatic carbocycles. The average molecular weight is 231 g/mol. The highest BCUT2D eigenvalue weighted by Gasteiger charge is 2.13. The molecule has 0 rings (SSSR count). The van der Waals surface area contributed by atoms with Crippen LogP contribution in [-0.2, 0) is 0 Å². The van der Waals surface area contributed by atoms with Gasteiger partial charge in [0.15, 0.2) is 0 Å². The summed E-state index contributed by atoms with van der Waals surface area (Å²) in [5.41, 5.74) is 0. The predicted octanol–water partition coefficient (Wildman–Crippen LogP) is 1.88. The molecule has 0 aromatic rings. The lowest BCUT2D eigenvalue weighted by atomic mass is 10.0. The fourth-order valence-corrected chi connectivity index (χ4v) is 1.72. The van der Waals surface area contributed by atoms with Crippen molar-refractivity contribution in [3.05, 3.63) is 0 Å². The molecule has 2 atom stereocenters.